The van der Waals surface area contributed by atoms with Gasteiger partial charge in [0.1, 0.15) is 0 Å². The summed E-state index contributed by atoms with van der Waals surface area (Å²) in [7, 11) is -2.81. The monoisotopic (exact) mass is 233 g/mol. The van der Waals surface area contributed by atoms with E-state index < -0.39 is 9.84 Å². The highest BCUT2D eigenvalue weighted by molar-refractivity contribution is 7.91. The van der Waals surface area contributed by atoms with Gasteiger partial charge in [-0.05, 0) is 31.7 Å². The summed E-state index contributed by atoms with van der Waals surface area (Å²) in [5.41, 5.74) is 0. The Hall–Kier alpha value is -0.0900. The fraction of sp³-hybridized carbons (Fsp3) is 1.00. The second-order valence-corrected chi connectivity index (χ2v) is 6.94. The van der Waals surface area contributed by atoms with E-state index in [-0.39, 0.29) is 0 Å². The number of sulfone groups is 1. The average molecular weight is 233 g/mol. The smallest absolute Gasteiger partial charge is 0.150 e. The van der Waals surface area contributed by atoms with Gasteiger partial charge in [0.05, 0.1) is 11.5 Å². The molecule has 1 atom stereocenters. The Labute approximate surface area is 93.6 Å². The summed E-state index contributed by atoms with van der Waals surface area (Å²) in [6, 6.07) is 0.683. The first-order chi connectivity index (χ1) is 7.03. The molecule has 1 N–H and O–H groups in total. The lowest BCUT2D eigenvalue weighted by Crippen LogP contribution is -2.22. The Kier molecular flexibility index (Phi) is 5.06. The Morgan fingerprint density at radius 1 is 1.40 bits per heavy atom. The molecule has 1 rings (SSSR count). The van der Waals surface area contributed by atoms with E-state index in [0.29, 0.717) is 23.5 Å². The average Bonchev–Trinajstić information content (AvgIpc) is 2.95. The van der Waals surface area contributed by atoms with Crippen molar-refractivity contribution < 1.29 is 8.42 Å². The summed E-state index contributed by atoms with van der Waals surface area (Å²) in [4.78, 5) is 0. The number of hydrogen-bond acceptors (Lipinski definition) is 3. The predicted molar refractivity (Wildman–Crippen MR) is 63.8 cm³/mol. The molecule has 0 saturated heterocycles. The van der Waals surface area contributed by atoms with Crippen molar-refractivity contribution in [1.82, 2.24) is 5.32 Å². The Morgan fingerprint density at radius 3 is 2.60 bits per heavy atom. The van der Waals surface area contributed by atoms with Crippen LogP contribution in [-0.4, -0.2) is 32.5 Å². The molecule has 0 amide bonds. The van der Waals surface area contributed by atoms with E-state index in [1.165, 1.54) is 12.8 Å². The van der Waals surface area contributed by atoms with Crippen molar-refractivity contribution in [3.63, 3.8) is 0 Å². The summed E-state index contributed by atoms with van der Waals surface area (Å²) in [6.45, 7) is 4.89. The van der Waals surface area contributed by atoms with E-state index >= 15 is 0 Å². The van der Waals surface area contributed by atoms with Crippen molar-refractivity contribution in [1.29, 1.82) is 0 Å². The molecule has 1 fully saturated rings. The van der Waals surface area contributed by atoms with Crippen molar-refractivity contribution in [3.8, 4) is 0 Å². The Morgan fingerprint density at radius 2 is 2.07 bits per heavy atom. The van der Waals surface area contributed by atoms with Gasteiger partial charge in [-0.25, -0.2) is 8.42 Å². The molecule has 1 aliphatic rings. The summed E-state index contributed by atoms with van der Waals surface area (Å²) >= 11 is 0. The molecule has 0 aromatic rings. The van der Waals surface area contributed by atoms with Gasteiger partial charge >= 0.3 is 0 Å². The van der Waals surface area contributed by atoms with Crippen LogP contribution in [0.3, 0.4) is 0 Å². The second-order valence-electron chi connectivity index (χ2n) is 4.71. The van der Waals surface area contributed by atoms with E-state index in [2.05, 4.69) is 5.32 Å². The number of nitrogens with one attached hydrogen (secondary N) is 1. The van der Waals surface area contributed by atoms with Crippen LogP contribution >= 0.6 is 0 Å². The highest BCUT2D eigenvalue weighted by atomic mass is 32.2. The molecule has 0 aromatic heterocycles. The molecule has 0 aromatic carbocycles. The van der Waals surface area contributed by atoms with E-state index in [1.807, 2.05) is 13.8 Å². The maximum atomic E-state index is 11.6. The van der Waals surface area contributed by atoms with Crippen LogP contribution in [0.4, 0.5) is 0 Å². The zero-order valence-electron chi connectivity index (χ0n) is 9.83. The standard InChI is InChI=1S/C11H23NO2S/c1-3-10(2)9-15(13,14)8-4-7-12-11-5-6-11/h10-12H,3-9H2,1-2H3. The second kappa shape index (κ2) is 5.85. The normalized spacial score (nSPS) is 19.1. The first-order valence-corrected chi connectivity index (χ1v) is 7.79. The van der Waals surface area contributed by atoms with E-state index in [4.69, 9.17) is 0 Å². The number of rotatable bonds is 8. The van der Waals surface area contributed by atoms with Crippen molar-refractivity contribution in [2.24, 2.45) is 5.92 Å². The molecule has 4 heteroatoms. The lowest BCUT2D eigenvalue weighted by Gasteiger charge is -2.09. The SMILES string of the molecule is CCC(C)CS(=O)(=O)CCCNC1CC1. The van der Waals surface area contributed by atoms with Crippen LogP contribution in [0.2, 0.25) is 0 Å². The molecule has 0 heterocycles. The van der Waals surface area contributed by atoms with Crippen molar-refractivity contribution in [2.45, 2.75) is 45.6 Å². The van der Waals surface area contributed by atoms with E-state index in [0.717, 1.165) is 19.4 Å². The van der Waals surface area contributed by atoms with Gasteiger partial charge in [0.25, 0.3) is 0 Å². The summed E-state index contributed by atoms with van der Waals surface area (Å²) in [5, 5.41) is 3.33. The topological polar surface area (TPSA) is 46.2 Å². The highest BCUT2D eigenvalue weighted by Crippen LogP contribution is 2.18. The lowest BCUT2D eigenvalue weighted by molar-refractivity contribution is 0.559. The molecule has 0 spiro atoms. The molecular formula is C11H23NO2S. The first-order valence-electron chi connectivity index (χ1n) is 5.97. The van der Waals surface area contributed by atoms with Crippen molar-refractivity contribution >= 4 is 9.84 Å². The fourth-order valence-electron chi connectivity index (χ4n) is 1.52. The van der Waals surface area contributed by atoms with Gasteiger partial charge in [0.2, 0.25) is 0 Å². The van der Waals surface area contributed by atoms with Crippen LogP contribution in [0.25, 0.3) is 0 Å². The van der Waals surface area contributed by atoms with Gasteiger partial charge in [-0.2, -0.15) is 0 Å². The third-order valence-electron chi connectivity index (χ3n) is 2.88. The number of hydrogen-bond donors (Lipinski definition) is 1. The molecule has 0 radical (unpaired) electrons. The molecule has 90 valence electrons. The van der Waals surface area contributed by atoms with Crippen molar-refractivity contribution in [2.75, 3.05) is 18.1 Å². The quantitative estimate of drug-likeness (QED) is 0.648. The largest absolute Gasteiger partial charge is 0.314 e. The van der Waals surface area contributed by atoms with Crippen LogP contribution < -0.4 is 5.32 Å². The fourth-order valence-corrected chi connectivity index (χ4v) is 3.37. The maximum absolute atomic E-state index is 11.6. The minimum atomic E-state index is -2.81. The van der Waals surface area contributed by atoms with E-state index in [1.54, 1.807) is 0 Å². The van der Waals surface area contributed by atoms with Gasteiger partial charge in [0.15, 0.2) is 9.84 Å². The van der Waals surface area contributed by atoms with Gasteiger partial charge in [0, 0.05) is 6.04 Å². The molecule has 3 nitrogen and oxygen atoms in total. The highest BCUT2D eigenvalue weighted by Gasteiger charge is 2.20. The summed E-state index contributed by atoms with van der Waals surface area (Å²) in [6.07, 6.45) is 4.23. The van der Waals surface area contributed by atoms with Crippen LogP contribution in [-0.2, 0) is 9.84 Å². The molecule has 0 aliphatic heterocycles. The molecule has 1 saturated carbocycles. The first kappa shape index (κ1) is 13.0. The van der Waals surface area contributed by atoms with Crippen LogP contribution in [0.5, 0.6) is 0 Å². The molecule has 1 aliphatic carbocycles. The molecule has 1 unspecified atom stereocenters. The van der Waals surface area contributed by atoms with Gasteiger partial charge in [-0.15, -0.1) is 0 Å². The van der Waals surface area contributed by atoms with Crippen LogP contribution in [0.15, 0.2) is 0 Å². The minimum absolute atomic E-state index is 0.298. The van der Waals surface area contributed by atoms with Crippen LogP contribution in [0, 0.1) is 5.92 Å². The zero-order chi connectivity index (χ0) is 11.3. The van der Waals surface area contributed by atoms with Gasteiger partial charge in [-0.1, -0.05) is 20.3 Å². The Bertz CT molecular complexity index is 270. The third kappa shape index (κ3) is 6.15. The Balaban J connectivity index is 2.11. The third-order valence-corrected chi connectivity index (χ3v) is 4.87. The maximum Gasteiger partial charge on any atom is 0.150 e. The van der Waals surface area contributed by atoms with Gasteiger partial charge in [-0.3, -0.25) is 0 Å². The molecule has 15 heavy (non-hydrogen) atoms. The van der Waals surface area contributed by atoms with Crippen LogP contribution in [0.1, 0.15) is 39.5 Å². The van der Waals surface area contributed by atoms with Crippen molar-refractivity contribution in [3.05, 3.63) is 0 Å². The summed E-state index contributed by atoms with van der Waals surface area (Å²) in [5.74, 6) is 0.996. The summed E-state index contributed by atoms with van der Waals surface area (Å²) < 4.78 is 23.3. The lowest BCUT2D eigenvalue weighted by atomic mass is 10.2. The minimum Gasteiger partial charge on any atom is -0.314 e. The van der Waals surface area contributed by atoms with Gasteiger partial charge < -0.3 is 5.32 Å². The predicted octanol–water partition coefficient (Wildman–Crippen LogP) is 1.59. The zero-order valence-corrected chi connectivity index (χ0v) is 10.6. The molecular weight excluding hydrogens is 210 g/mol. The van der Waals surface area contributed by atoms with E-state index in [9.17, 15) is 8.42 Å². The molecule has 0 bridgehead atoms.